The van der Waals surface area contributed by atoms with Crippen molar-refractivity contribution >= 4 is 23.0 Å². The number of carbonyl (C=O) groups excluding carboxylic acids is 1. The SMILES string of the molecule is COc1ccc2c(c1)CC1(Cc3ccc(Cl)cc3)CCC(=O)C=C21. The summed E-state index contributed by atoms with van der Waals surface area (Å²) in [6.45, 7) is 0. The van der Waals surface area contributed by atoms with E-state index in [-0.39, 0.29) is 11.2 Å². The lowest BCUT2D eigenvalue weighted by Crippen LogP contribution is -2.28. The summed E-state index contributed by atoms with van der Waals surface area (Å²) in [6, 6.07) is 14.3. The van der Waals surface area contributed by atoms with Crippen molar-refractivity contribution in [2.24, 2.45) is 5.41 Å². The summed E-state index contributed by atoms with van der Waals surface area (Å²) in [5.41, 5.74) is 4.96. The van der Waals surface area contributed by atoms with Gasteiger partial charge >= 0.3 is 0 Å². The van der Waals surface area contributed by atoms with E-state index in [2.05, 4.69) is 24.3 Å². The van der Waals surface area contributed by atoms with Crippen LogP contribution >= 0.6 is 11.6 Å². The van der Waals surface area contributed by atoms with Gasteiger partial charge < -0.3 is 4.74 Å². The lowest BCUT2D eigenvalue weighted by molar-refractivity contribution is -0.115. The molecule has 0 amide bonds. The number of ketones is 1. The van der Waals surface area contributed by atoms with Crippen molar-refractivity contribution in [1.82, 2.24) is 0 Å². The van der Waals surface area contributed by atoms with Gasteiger partial charge in [0.05, 0.1) is 7.11 Å². The number of carbonyl (C=O) groups is 1. The predicted octanol–water partition coefficient (Wildman–Crippen LogP) is 4.88. The molecule has 24 heavy (non-hydrogen) atoms. The lowest BCUT2D eigenvalue weighted by atomic mass is 9.69. The Morgan fingerprint density at radius 1 is 1.17 bits per heavy atom. The highest BCUT2D eigenvalue weighted by atomic mass is 35.5. The van der Waals surface area contributed by atoms with Crippen LogP contribution in [0.15, 0.2) is 48.5 Å². The maximum atomic E-state index is 12.1. The molecule has 3 heteroatoms. The second kappa shape index (κ2) is 5.78. The van der Waals surface area contributed by atoms with Crippen molar-refractivity contribution in [3.05, 3.63) is 70.3 Å². The highest BCUT2D eigenvalue weighted by Crippen LogP contribution is 2.54. The first kappa shape index (κ1) is 15.5. The first-order valence-corrected chi connectivity index (χ1v) is 8.64. The molecule has 0 bridgehead atoms. The molecule has 0 spiro atoms. The van der Waals surface area contributed by atoms with Gasteiger partial charge in [-0.3, -0.25) is 4.79 Å². The van der Waals surface area contributed by atoms with E-state index in [4.69, 9.17) is 16.3 Å². The molecule has 0 saturated carbocycles. The Balaban J connectivity index is 1.77. The van der Waals surface area contributed by atoms with E-state index in [1.165, 1.54) is 22.3 Å². The van der Waals surface area contributed by atoms with Gasteiger partial charge in [-0.15, -0.1) is 0 Å². The monoisotopic (exact) mass is 338 g/mol. The van der Waals surface area contributed by atoms with Crippen LogP contribution in [0.3, 0.4) is 0 Å². The highest BCUT2D eigenvalue weighted by molar-refractivity contribution is 6.30. The Hall–Kier alpha value is -2.06. The molecule has 122 valence electrons. The highest BCUT2D eigenvalue weighted by Gasteiger charge is 2.44. The van der Waals surface area contributed by atoms with Crippen LogP contribution in [-0.4, -0.2) is 12.9 Å². The zero-order chi connectivity index (χ0) is 16.7. The average molecular weight is 339 g/mol. The maximum absolute atomic E-state index is 12.1. The second-order valence-electron chi connectivity index (χ2n) is 6.81. The molecule has 0 aromatic heterocycles. The van der Waals surface area contributed by atoms with Gasteiger partial charge in [-0.25, -0.2) is 0 Å². The van der Waals surface area contributed by atoms with Crippen LogP contribution in [-0.2, 0) is 17.6 Å². The normalized spacial score (nSPS) is 21.9. The van der Waals surface area contributed by atoms with E-state index < -0.39 is 0 Å². The van der Waals surface area contributed by atoms with E-state index in [0.29, 0.717) is 6.42 Å². The van der Waals surface area contributed by atoms with Crippen molar-refractivity contribution in [3.63, 3.8) is 0 Å². The summed E-state index contributed by atoms with van der Waals surface area (Å²) in [5, 5.41) is 0.755. The summed E-state index contributed by atoms with van der Waals surface area (Å²) < 4.78 is 5.38. The fourth-order valence-electron chi connectivity index (χ4n) is 4.14. The molecule has 2 aliphatic rings. The molecule has 0 fully saturated rings. The van der Waals surface area contributed by atoms with Gasteiger partial charge in [0, 0.05) is 16.9 Å². The second-order valence-corrected chi connectivity index (χ2v) is 7.24. The number of hydrogen-bond donors (Lipinski definition) is 0. The van der Waals surface area contributed by atoms with Crippen LogP contribution in [0.1, 0.15) is 29.5 Å². The third-order valence-corrected chi connectivity index (χ3v) is 5.57. The third kappa shape index (κ3) is 2.55. The van der Waals surface area contributed by atoms with E-state index in [1.54, 1.807) is 7.11 Å². The fourth-order valence-corrected chi connectivity index (χ4v) is 4.27. The number of ether oxygens (including phenoxy) is 1. The van der Waals surface area contributed by atoms with Crippen molar-refractivity contribution < 1.29 is 9.53 Å². The minimum Gasteiger partial charge on any atom is -0.497 e. The smallest absolute Gasteiger partial charge is 0.156 e. The Morgan fingerprint density at radius 3 is 2.71 bits per heavy atom. The standard InChI is InChI=1S/C21H19ClO2/c1-24-18-6-7-19-15(10-18)13-21(9-8-17(23)11-20(19)21)12-14-2-4-16(22)5-3-14/h2-7,10-11H,8-9,12-13H2,1H3. The van der Waals surface area contributed by atoms with Crippen LogP contribution in [0.2, 0.25) is 5.02 Å². The van der Waals surface area contributed by atoms with E-state index in [9.17, 15) is 4.79 Å². The number of halogens is 1. The molecule has 2 aromatic carbocycles. The minimum absolute atomic E-state index is 0.0104. The van der Waals surface area contributed by atoms with Gasteiger partial charge in [-0.1, -0.05) is 29.8 Å². The third-order valence-electron chi connectivity index (χ3n) is 5.31. The fraction of sp³-hybridized carbons (Fsp3) is 0.286. The molecular formula is C21H19ClO2. The maximum Gasteiger partial charge on any atom is 0.156 e. The molecule has 0 radical (unpaired) electrons. The Morgan fingerprint density at radius 2 is 1.96 bits per heavy atom. The molecule has 0 saturated heterocycles. The number of hydrogen-bond acceptors (Lipinski definition) is 2. The van der Waals surface area contributed by atoms with Crippen LogP contribution in [0.5, 0.6) is 5.75 Å². The Kier molecular flexibility index (Phi) is 3.73. The Bertz CT molecular complexity index is 835. The molecule has 2 aromatic rings. The number of rotatable bonds is 3. The molecule has 1 unspecified atom stereocenters. The summed E-state index contributed by atoms with van der Waals surface area (Å²) in [7, 11) is 1.69. The average Bonchev–Trinajstić information content (AvgIpc) is 2.90. The van der Waals surface area contributed by atoms with Crippen LogP contribution in [0.25, 0.3) is 5.57 Å². The zero-order valence-corrected chi connectivity index (χ0v) is 14.4. The number of fused-ring (bicyclic) bond motifs is 3. The van der Waals surface area contributed by atoms with Gasteiger partial charge in [0.1, 0.15) is 5.75 Å². The molecule has 0 N–H and O–H groups in total. The van der Waals surface area contributed by atoms with E-state index >= 15 is 0 Å². The van der Waals surface area contributed by atoms with Crippen molar-refractivity contribution in [1.29, 1.82) is 0 Å². The van der Waals surface area contributed by atoms with Gasteiger partial charge in [-0.05, 0) is 71.9 Å². The molecule has 4 rings (SSSR count). The number of allylic oxidation sites excluding steroid dienone is 2. The summed E-state index contributed by atoms with van der Waals surface area (Å²) in [4.78, 5) is 12.1. The lowest BCUT2D eigenvalue weighted by Gasteiger charge is -2.34. The first-order valence-electron chi connectivity index (χ1n) is 8.26. The first-order chi connectivity index (χ1) is 11.6. The molecule has 2 aliphatic carbocycles. The van der Waals surface area contributed by atoms with Gasteiger partial charge in [-0.2, -0.15) is 0 Å². The Labute approximate surface area is 147 Å². The molecule has 0 heterocycles. The minimum atomic E-state index is 0.0104. The largest absolute Gasteiger partial charge is 0.497 e. The zero-order valence-electron chi connectivity index (χ0n) is 13.6. The van der Waals surface area contributed by atoms with E-state index in [1.807, 2.05) is 24.3 Å². The van der Waals surface area contributed by atoms with Crippen LogP contribution in [0.4, 0.5) is 0 Å². The number of benzene rings is 2. The molecule has 1 atom stereocenters. The predicted molar refractivity (Wildman–Crippen MR) is 96.5 cm³/mol. The molecular weight excluding hydrogens is 320 g/mol. The van der Waals surface area contributed by atoms with Gasteiger partial charge in [0.2, 0.25) is 0 Å². The molecule has 2 nitrogen and oxygen atoms in total. The summed E-state index contributed by atoms with van der Waals surface area (Å²) in [5.74, 6) is 1.11. The van der Waals surface area contributed by atoms with Gasteiger partial charge in [0.25, 0.3) is 0 Å². The summed E-state index contributed by atoms with van der Waals surface area (Å²) in [6.07, 6.45) is 5.29. The topological polar surface area (TPSA) is 26.3 Å². The summed E-state index contributed by atoms with van der Waals surface area (Å²) >= 11 is 6.02. The molecule has 0 aliphatic heterocycles. The van der Waals surface area contributed by atoms with Crippen LogP contribution in [0, 0.1) is 5.41 Å². The van der Waals surface area contributed by atoms with Crippen molar-refractivity contribution in [2.75, 3.05) is 7.11 Å². The van der Waals surface area contributed by atoms with E-state index in [0.717, 1.165) is 30.0 Å². The van der Waals surface area contributed by atoms with Gasteiger partial charge in [0.15, 0.2) is 5.78 Å². The number of methoxy groups -OCH3 is 1. The van der Waals surface area contributed by atoms with Crippen LogP contribution < -0.4 is 4.74 Å². The van der Waals surface area contributed by atoms with Crippen molar-refractivity contribution in [3.8, 4) is 5.75 Å². The van der Waals surface area contributed by atoms with Crippen molar-refractivity contribution in [2.45, 2.75) is 25.7 Å². The quantitative estimate of drug-likeness (QED) is 0.797.